The van der Waals surface area contributed by atoms with E-state index >= 15 is 0 Å². The van der Waals surface area contributed by atoms with Crippen LogP contribution in [0.5, 0.6) is 0 Å². The van der Waals surface area contributed by atoms with Crippen molar-refractivity contribution in [2.75, 3.05) is 7.11 Å². The molecule has 0 atom stereocenters. The fourth-order valence-corrected chi connectivity index (χ4v) is 1.61. The Morgan fingerprint density at radius 1 is 1.05 bits per heavy atom. The zero-order valence-corrected chi connectivity index (χ0v) is 11.7. The van der Waals surface area contributed by atoms with Gasteiger partial charge in [-0.05, 0) is 37.1 Å². The van der Waals surface area contributed by atoms with Gasteiger partial charge in [0.05, 0.1) is 7.11 Å². The number of carbonyl (C=O) groups is 2. The van der Waals surface area contributed by atoms with Gasteiger partial charge in [-0.1, -0.05) is 29.7 Å². The van der Waals surface area contributed by atoms with E-state index < -0.39 is 11.8 Å². The number of ketones is 1. The Morgan fingerprint density at radius 2 is 1.71 bits per heavy atom. The molecule has 0 N–H and O–H groups in total. The molecule has 0 aliphatic carbocycles. The minimum atomic E-state index is -0.587. The summed E-state index contributed by atoms with van der Waals surface area (Å²) < 4.78 is 4.56. The van der Waals surface area contributed by atoms with Gasteiger partial charge in [0.15, 0.2) is 0 Å². The normalized spacial score (nSPS) is 9.43. The van der Waals surface area contributed by atoms with Crippen LogP contribution in [-0.2, 0) is 4.74 Å². The highest BCUT2D eigenvalue weighted by Crippen LogP contribution is 2.03. The molecule has 0 saturated carbocycles. The molecule has 2 aromatic rings. The van der Waals surface area contributed by atoms with Crippen LogP contribution < -0.4 is 0 Å². The number of hydrogen-bond acceptors (Lipinski definition) is 4. The second kappa shape index (κ2) is 6.49. The topological polar surface area (TPSA) is 56.3 Å². The summed E-state index contributed by atoms with van der Waals surface area (Å²) in [6, 6.07) is 12.1. The van der Waals surface area contributed by atoms with Gasteiger partial charge >= 0.3 is 5.97 Å². The highest BCUT2D eigenvalue weighted by molar-refractivity contribution is 6.08. The summed E-state index contributed by atoms with van der Waals surface area (Å²) in [7, 11) is 1.26. The third-order valence-corrected chi connectivity index (χ3v) is 2.75. The molecular formula is C17H13NO3. The summed E-state index contributed by atoms with van der Waals surface area (Å²) in [5.41, 5.74) is 2.08. The van der Waals surface area contributed by atoms with Gasteiger partial charge < -0.3 is 4.74 Å². The number of aromatic nitrogens is 1. The summed E-state index contributed by atoms with van der Waals surface area (Å²) in [6.45, 7) is 1.98. The summed E-state index contributed by atoms with van der Waals surface area (Å²) in [5, 5.41) is 0. The SMILES string of the molecule is COC(=O)c1cccc(C(=O)C#Cc2ccc(C)cc2)n1. The molecule has 0 unspecified atom stereocenters. The van der Waals surface area contributed by atoms with Crippen molar-refractivity contribution in [2.24, 2.45) is 0 Å². The first kappa shape index (κ1) is 14.5. The third-order valence-electron chi connectivity index (χ3n) is 2.75. The van der Waals surface area contributed by atoms with Crippen molar-refractivity contribution in [1.29, 1.82) is 0 Å². The summed E-state index contributed by atoms with van der Waals surface area (Å²) >= 11 is 0. The summed E-state index contributed by atoms with van der Waals surface area (Å²) in [6.07, 6.45) is 0. The molecule has 4 heteroatoms. The number of esters is 1. The molecule has 0 amide bonds. The van der Waals surface area contributed by atoms with Crippen molar-refractivity contribution in [3.05, 3.63) is 65.0 Å². The molecule has 104 valence electrons. The predicted molar refractivity (Wildman–Crippen MR) is 78.0 cm³/mol. The minimum absolute atomic E-state index is 0.0838. The Labute approximate surface area is 122 Å². The zero-order valence-electron chi connectivity index (χ0n) is 11.7. The number of hydrogen-bond donors (Lipinski definition) is 0. The molecule has 1 heterocycles. The molecule has 0 radical (unpaired) electrons. The molecule has 4 nitrogen and oxygen atoms in total. The fraction of sp³-hybridized carbons (Fsp3) is 0.118. The lowest BCUT2D eigenvalue weighted by Crippen LogP contribution is -2.08. The summed E-state index contributed by atoms with van der Waals surface area (Å²) in [5.74, 6) is 4.26. The van der Waals surface area contributed by atoms with E-state index in [1.165, 1.54) is 19.2 Å². The molecule has 0 aliphatic heterocycles. The Hall–Kier alpha value is -2.93. The molecule has 2 rings (SSSR count). The minimum Gasteiger partial charge on any atom is -0.464 e. The number of aryl methyl sites for hydroxylation is 1. The van der Waals surface area contributed by atoms with E-state index in [1.54, 1.807) is 6.07 Å². The molecule has 1 aromatic carbocycles. The first-order chi connectivity index (χ1) is 10.1. The molecule has 0 saturated heterocycles. The van der Waals surface area contributed by atoms with Gasteiger partial charge in [0.1, 0.15) is 11.4 Å². The number of pyridine rings is 1. The van der Waals surface area contributed by atoms with Crippen LogP contribution in [0.15, 0.2) is 42.5 Å². The highest BCUT2D eigenvalue weighted by Gasteiger charge is 2.10. The molecule has 0 bridgehead atoms. The van der Waals surface area contributed by atoms with E-state index in [0.29, 0.717) is 0 Å². The Morgan fingerprint density at radius 3 is 2.38 bits per heavy atom. The van der Waals surface area contributed by atoms with Crippen molar-refractivity contribution >= 4 is 11.8 Å². The molecule has 0 fully saturated rings. The van der Waals surface area contributed by atoms with Crippen molar-refractivity contribution < 1.29 is 14.3 Å². The molecule has 0 spiro atoms. The first-order valence-electron chi connectivity index (χ1n) is 6.28. The van der Waals surface area contributed by atoms with Gasteiger partial charge in [-0.3, -0.25) is 4.79 Å². The maximum Gasteiger partial charge on any atom is 0.356 e. The van der Waals surface area contributed by atoms with Crippen molar-refractivity contribution in [3.8, 4) is 11.8 Å². The van der Waals surface area contributed by atoms with E-state index in [2.05, 4.69) is 21.6 Å². The monoisotopic (exact) mass is 279 g/mol. The zero-order chi connectivity index (χ0) is 15.2. The fourth-order valence-electron chi connectivity index (χ4n) is 1.61. The molecule has 21 heavy (non-hydrogen) atoms. The van der Waals surface area contributed by atoms with Gasteiger partial charge in [-0.2, -0.15) is 0 Å². The molecular weight excluding hydrogens is 266 g/mol. The standard InChI is InChI=1S/C17H13NO3/c1-12-6-8-13(9-7-12)10-11-16(19)14-4-3-5-15(18-14)17(20)21-2/h3-9H,1-2H3. The summed E-state index contributed by atoms with van der Waals surface area (Å²) in [4.78, 5) is 27.3. The van der Waals surface area contributed by atoms with Crippen LogP contribution in [0, 0.1) is 18.8 Å². The number of nitrogens with zero attached hydrogens (tertiary/aromatic N) is 1. The number of Topliss-reactive ketones (excluding diaryl/α,β-unsaturated/α-hetero) is 1. The van der Waals surface area contributed by atoms with Gasteiger partial charge in [-0.25, -0.2) is 9.78 Å². The van der Waals surface area contributed by atoms with E-state index in [9.17, 15) is 9.59 Å². The maximum atomic E-state index is 12.0. The number of methoxy groups -OCH3 is 1. The Bertz CT molecular complexity index is 737. The van der Waals surface area contributed by atoms with Crippen LogP contribution in [0.2, 0.25) is 0 Å². The molecule has 0 aliphatic rings. The first-order valence-corrected chi connectivity index (χ1v) is 6.28. The quantitative estimate of drug-likeness (QED) is 0.481. The molecule has 1 aromatic heterocycles. The number of benzene rings is 1. The third kappa shape index (κ3) is 3.77. The average molecular weight is 279 g/mol. The Balaban J connectivity index is 2.21. The lowest BCUT2D eigenvalue weighted by molar-refractivity contribution is 0.0594. The van der Waals surface area contributed by atoms with Gasteiger partial charge in [0.25, 0.3) is 5.78 Å². The predicted octanol–water partition coefficient (Wildman–Crippen LogP) is 2.41. The largest absolute Gasteiger partial charge is 0.464 e. The van der Waals surface area contributed by atoms with Crippen LogP contribution >= 0.6 is 0 Å². The van der Waals surface area contributed by atoms with E-state index in [-0.39, 0.29) is 11.4 Å². The van der Waals surface area contributed by atoms with Crippen molar-refractivity contribution in [1.82, 2.24) is 4.98 Å². The van der Waals surface area contributed by atoms with Crippen LogP contribution in [0.1, 0.15) is 32.1 Å². The number of rotatable bonds is 2. The maximum absolute atomic E-state index is 12.0. The van der Waals surface area contributed by atoms with E-state index in [0.717, 1.165) is 11.1 Å². The van der Waals surface area contributed by atoms with E-state index in [4.69, 9.17) is 0 Å². The van der Waals surface area contributed by atoms with Crippen LogP contribution in [0.3, 0.4) is 0 Å². The number of ether oxygens (including phenoxy) is 1. The van der Waals surface area contributed by atoms with Gasteiger partial charge in [0.2, 0.25) is 0 Å². The van der Waals surface area contributed by atoms with Gasteiger partial charge in [0, 0.05) is 5.56 Å². The smallest absolute Gasteiger partial charge is 0.356 e. The van der Waals surface area contributed by atoms with Crippen LogP contribution in [0.25, 0.3) is 0 Å². The lowest BCUT2D eigenvalue weighted by atomic mass is 10.1. The van der Waals surface area contributed by atoms with E-state index in [1.807, 2.05) is 31.2 Å². The highest BCUT2D eigenvalue weighted by atomic mass is 16.5. The van der Waals surface area contributed by atoms with Crippen LogP contribution in [-0.4, -0.2) is 23.8 Å². The lowest BCUT2D eigenvalue weighted by Gasteiger charge is -1.99. The second-order valence-corrected chi connectivity index (χ2v) is 4.34. The van der Waals surface area contributed by atoms with Gasteiger partial charge in [-0.15, -0.1) is 0 Å². The Kier molecular flexibility index (Phi) is 4.47. The van der Waals surface area contributed by atoms with Crippen LogP contribution in [0.4, 0.5) is 0 Å². The van der Waals surface area contributed by atoms with Crippen molar-refractivity contribution in [3.63, 3.8) is 0 Å². The van der Waals surface area contributed by atoms with Crippen molar-refractivity contribution in [2.45, 2.75) is 6.92 Å². The average Bonchev–Trinajstić information content (AvgIpc) is 2.53. The number of carbonyl (C=O) groups excluding carboxylic acids is 2. The second-order valence-electron chi connectivity index (χ2n) is 4.34.